The highest BCUT2D eigenvalue weighted by Crippen LogP contribution is 2.31. The molecule has 3 aromatic rings. The third-order valence-corrected chi connectivity index (χ3v) is 3.25. The van der Waals surface area contributed by atoms with Gasteiger partial charge in [0.1, 0.15) is 18.0 Å². The Hall–Kier alpha value is -2.91. The molecule has 1 N–H and O–H groups in total. The SMILES string of the molecule is COc1cc(NCc2ccc(C(F)(F)F)c(F)c2)n2ncnc2n1. The minimum Gasteiger partial charge on any atom is -0.481 e. The first kappa shape index (κ1) is 16.0. The van der Waals surface area contributed by atoms with Crippen LogP contribution in [0.5, 0.6) is 5.88 Å². The minimum atomic E-state index is -4.72. The fourth-order valence-electron chi connectivity index (χ4n) is 2.11. The first-order valence-corrected chi connectivity index (χ1v) is 6.73. The van der Waals surface area contributed by atoms with Crippen molar-refractivity contribution in [2.75, 3.05) is 12.4 Å². The molecule has 126 valence electrons. The van der Waals surface area contributed by atoms with E-state index in [4.69, 9.17) is 4.74 Å². The highest BCUT2D eigenvalue weighted by molar-refractivity contribution is 5.47. The molecular formula is C14H11F4N5O. The van der Waals surface area contributed by atoms with E-state index < -0.39 is 17.6 Å². The summed E-state index contributed by atoms with van der Waals surface area (Å²) < 4.78 is 57.7. The van der Waals surface area contributed by atoms with Crippen LogP contribution in [0.4, 0.5) is 23.4 Å². The summed E-state index contributed by atoms with van der Waals surface area (Å²) in [5.74, 6) is -0.290. The van der Waals surface area contributed by atoms with Crippen molar-refractivity contribution in [2.45, 2.75) is 12.7 Å². The zero-order chi connectivity index (χ0) is 17.3. The summed E-state index contributed by atoms with van der Waals surface area (Å²) in [4.78, 5) is 8.00. The second-order valence-electron chi connectivity index (χ2n) is 4.82. The third-order valence-electron chi connectivity index (χ3n) is 3.25. The van der Waals surface area contributed by atoms with Gasteiger partial charge in [0.2, 0.25) is 5.88 Å². The highest BCUT2D eigenvalue weighted by atomic mass is 19.4. The Morgan fingerprint density at radius 3 is 2.71 bits per heavy atom. The summed E-state index contributed by atoms with van der Waals surface area (Å²) in [6.45, 7) is 0.0805. The van der Waals surface area contributed by atoms with E-state index in [1.165, 1.54) is 24.0 Å². The maximum absolute atomic E-state index is 13.6. The summed E-state index contributed by atoms with van der Waals surface area (Å²) in [7, 11) is 1.43. The van der Waals surface area contributed by atoms with Gasteiger partial charge in [-0.25, -0.2) is 4.39 Å². The molecule has 0 atom stereocenters. The highest BCUT2D eigenvalue weighted by Gasteiger charge is 2.33. The Balaban J connectivity index is 1.84. The molecular weight excluding hydrogens is 330 g/mol. The van der Waals surface area contributed by atoms with E-state index >= 15 is 0 Å². The number of nitrogens with one attached hydrogen (secondary N) is 1. The lowest BCUT2D eigenvalue weighted by molar-refractivity contribution is -0.140. The van der Waals surface area contributed by atoms with Gasteiger partial charge >= 0.3 is 6.18 Å². The lowest BCUT2D eigenvalue weighted by atomic mass is 10.1. The van der Waals surface area contributed by atoms with Crippen LogP contribution in [0, 0.1) is 5.82 Å². The number of anilines is 1. The van der Waals surface area contributed by atoms with E-state index in [0.29, 0.717) is 17.4 Å². The number of fused-ring (bicyclic) bond motifs is 1. The Morgan fingerprint density at radius 1 is 1.25 bits per heavy atom. The lowest BCUT2D eigenvalue weighted by Gasteiger charge is -2.11. The van der Waals surface area contributed by atoms with Crippen LogP contribution in [0.15, 0.2) is 30.6 Å². The quantitative estimate of drug-likeness (QED) is 0.739. The molecule has 1 aromatic carbocycles. The number of hydrogen-bond donors (Lipinski definition) is 1. The van der Waals surface area contributed by atoms with Crippen LogP contribution < -0.4 is 10.1 Å². The van der Waals surface area contributed by atoms with Gasteiger partial charge in [0.15, 0.2) is 0 Å². The summed E-state index contributed by atoms with van der Waals surface area (Å²) in [6, 6.07) is 4.30. The van der Waals surface area contributed by atoms with Gasteiger partial charge in [-0.2, -0.15) is 32.8 Å². The molecule has 0 spiro atoms. The van der Waals surface area contributed by atoms with Crippen molar-refractivity contribution in [3.63, 3.8) is 0 Å². The van der Waals surface area contributed by atoms with Gasteiger partial charge in [-0.15, -0.1) is 0 Å². The Labute approximate surface area is 133 Å². The van der Waals surface area contributed by atoms with Crippen LogP contribution in [-0.4, -0.2) is 26.7 Å². The van der Waals surface area contributed by atoms with Gasteiger partial charge in [-0.3, -0.25) is 0 Å². The normalized spacial score (nSPS) is 11.7. The predicted octanol–water partition coefficient (Wildman–Crippen LogP) is 2.90. The maximum Gasteiger partial charge on any atom is 0.419 e. The summed E-state index contributed by atoms with van der Waals surface area (Å²) in [5, 5.41) is 6.92. The molecule has 2 heterocycles. The zero-order valence-electron chi connectivity index (χ0n) is 12.3. The van der Waals surface area contributed by atoms with Gasteiger partial charge in [-0.05, 0) is 17.7 Å². The van der Waals surface area contributed by atoms with E-state index in [0.717, 1.165) is 6.07 Å². The summed E-state index contributed by atoms with van der Waals surface area (Å²) in [5.41, 5.74) is -0.958. The lowest BCUT2D eigenvalue weighted by Crippen LogP contribution is -2.10. The number of ether oxygens (including phenoxy) is 1. The van der Waals surface area contributed by atoms with Crippen LogP contribution in [0.25, 0.3) is 5.78 Å². The molecule has 0 amide bonds. The number of halogens is 4. The molecule has 0 radical (unpaired) electrons. The molecule has 0 saturated heterocycles. The van der Waals surface area contributed by atoms with Gasteiger partial charge < -0.3 is 10.1 Å². The fraction of sp³-hybridized carbons (Fsp3) is 0.214. The van der Waals surface area contributed by atoms with Crippen molar-refractivity contribution < 1.29 is 22.3 Å². The molecule has 0 unspecified atom stereocenters. The zero-order valence-corrected chi connectivity index (χ0v) is 12.3. The van der Waals surface area contributed by atoms with Crippen molar-refractivity contribution in [1.29, 1.82) is 0 Å². The smallest absolute Gasteiger partial charge is 0.419 e. The van der Waals surface area contributed by atoms with E-state index in [1.54, 1.807) is 6.07 Å². The van der Waals surface area contributed by atoms with Crippen molar-refractivity contribution in [2.24, 2.45) is 0 Å². The fourth-order valence-corrected chi connectivity index (χ4v) is 2.11. The van der Waals surface area contributed by atoms with Crippen LogP contribution >= 0.6 is 0 Å². The molecule has 6 nitrogen and oxygen atoms in total. The van der Waals surface area contributed by atoms with E-state index in [1.807, 2.05) is 0 Å². The second-order valence-corrected chi connectivity index (χ2v) is 4.82. The van der Waals surface area contributed by atoms with Crippen molar-refractivity contribution in [3.05, 3.63) is 47.5 Å². The number of aromatic nitrogens is 4. The van der Waals surface area contributed by atoms with Gasteiger partial charge in [0.05, 0.1) is 12.7 Å². The number of hydrogen-bond acceptors (Lipinski definition) is 5. The molecule has 10 heteroatoms. The average Bonchev–Trinajstić information content (AvgIpc) is 2.99. The summed E-state index contributed by atoms with van der Waals surface area (Å²) >= 11 is 0. The van der Waals surface area contributed by atoms with Crippen LogP contribution in [0.2, 0.25) is 0 Å². The van der Waals surface area contributed by atoms with Gasteiger partial charge in [0, 0.05) is 12.6 Å². The van der Waals surface area contributed by atoms with Crippen LogP contribution in [0.3, 0.4) is 0 Å². The largest absolute Gasteiger partial charge is 0.481 e. The van der Waals surface area contributed by atoms with Gasteiger partial charge in [-0.1, -0.05) is 6.07 Å². The molecule has 0 saturated carbocycles. The molecule has 0 fully saturated rings. The van der Waals surface area contributed by atoms with E-state index in [9.17, 15) is 17.6 Å². The topological polar surface area (TPSA) is 64.3 Å². The third kappa shape index (κ3) is 3.07. The van der Waals surface area contributed by atoms with Crippen molar-refractivity contribution in [1.82, 2.24) is 19.6 Å². The second kappa shape index (κ2) is 5.95. The molecule has 24 heavy (non-hydrogen) atoms. The molecule has 0 aliphatic rings. The van der Waals surface area contributed by atoms with Gasteiger partial charge in [0.25, 0.3) is 5.78 Å². The number of nitrogens with zero attached hydrogens (tertiary/aromatic N) is 4. The Morgan fingerprint density at radius 2 is 2.04 bits per heavy atom. The number of rotatable bonds is 4. The van der Waals surface area contributed by atoms with Crippen LogP contribution in [0.1, 0.15) is 11.1 Å². The molecule has 2 aromatic heterocycles. The number of methoxy groups -OCH3 is 1. The minimum absolute atomic E-state index is 0.0805. The molecule has 0 aliphatic heterocycles. The molecule has 3 rings (SSSR count). The number of benzene rings is 1. The monoisotopic (exact) mass is 341 g/mol. The predicted molar refractivity (Wildman–Crippen MR) is 76.1 cm³/mol. The maximum atomic E-state index is 13.6. The van der Waals surface area contributed by atoms with Crippen molar-refractivity contribution >= 4 is 11.6 Å². The Bertz CT molecular complexity index is 877. The standard InChI is InChI=1S/C14H11F4N5O/c1-24-12-5-11(23-13(22-12)20-7-21-23)19-6-8-2-3-9(10(15)4-8)14(16,17)18/h2-5,7,19H,6H2,1H3. The molecule has 0 aliphatic carbocycles. The average molecular weight is 341 g/mol. The molecule has 0 bridgehead atoms. The van der Waals surface area contributed by atoms with Crippen LogP contribution in [-0.2, 0) is 12.7 Å². The van der Waals surface area contributed by atoms with E-state index in [-0.39, 0.29) is 18.2 Å². The summed E-state index contributed by atoms with van der Waals surface area (Å²) in [6.07, 6.45) is -3.42. The Kier molecular flexibility index (Phi) is 3.96. The van der Waals surface area contributed by atoms with Crippen molar-refractivity contribution in [3.8, 4) is 5.88 Å². The first-order chi connectivity index (χ1) is 11.4. The van der Waals surface area contributed by atoms with E-state index in [2.05, 4.69) is 20.4 Å². The first-order valence-electron chi connectivity index (χ1n) is 6.73. The number of alkyl halides is 3.